The molecule has 1 N–H and O–H groups in total. The van der Waals surface area contributed by atoms with Crippen LogP contribution in [0.25, 0.3) is 0 Å². The topological polar surface area (TPSA) is 54.5 Å². The number of ether oxygens (including phenoxy) is 1. The van der Waals surface area contributed by atoms with Gasteiger partial charge in [0.15, 0.2) is 0 Å². The van der Waals surface area contributed by atoms with Crippen molar-refractivity contribution in [2.75, 3.05) is 20.2 Å². The number of nitrogens with zero attached hydrogens (tertiary/aromatic N) is 2. The number of carbonyl (C=O) groups is 1. The third-order valence-corrected chi connectivity index (χ3v) is 4.52. The van der Waals surface area contributed by atoms with Gasteiger partial charge in [0, 0.05) is 37.5 Å². The molecule has 0 aliphatic carbocycles. The molecule has 0 spiro atoms. The van der Waals surface area contributed by atoms with Crippen LogP contribution in [-0.2, 0) is 11.3 Å². The summed E-state index contributed by atoms with van der Waals surface area (Å²) in [5, 5.41) is 5.01. The first-order valence-corrected chi connectivity index (χ1v) is 8.96. The summed E-state index contributed by atoms with van der Waals surface area (Å²) in [6.07, 6.45) is 3.42. The molecule has 0 aromatic carbocycles. The molecule has 0 radical (unpaired) electrons. The molecule has 0 fully saturated rings. The second kappa shape index (κ2) is 9.39. The van der Waals surface area contributed by atoms with E-state index in [4.69, 9.17) is 4.74 Å². The number of amides is 2. The number of nitrogens with one attached hydrogen (secondary N) is 1. The van der Waals surface area contributed by atoms with Crippen molar-refractivity contribution in [3.05, 3.63) is 52.5 Å². The van der Waals surface area contributed by atoms with Crippen molar-refractivity contribution in [1.29, 1.82) is 0 Å². The highest BCUT2D eigenvalue weighted by Gasteiger charge is 2.18. The Hall–Kier alpha value is -1.92. The number of carbonyl (C=O) groups excluding carboxylic acids is 1. The van der Waals surface area contributed by atoms with Crippen molar-refractivity contribution in [3.63, 3.8) is 0 Å². The quantitative estimate of drug-likeness (QED) is 0.792. The van der Waals surface area contributed by atoms with E-state index in [0.717, 1.165) is 10.4 Å². The van der Waals surface area contributed by atoms with Crippen LogP contribution in [0.2, 0.25) is 0 Å². The van der Waals surface area contributed by atoms with Gasteiger partial charge >= 0.3 is 6.03 Å². The molecule has 0 unspecified atom stereocenters. The van der Waals surface area contributed by atoms with Gasteiger partial charge in [-0.15, -0.1) is 11.3 Å². The second-order valence-electron chi connectivity index (χ2n) is 6.06. The summed E-state index contributed by atoms with van der Waals surface area (Å²) in [7, 11) is 1.66. The number of hydrogen-bond donors (Lipinski definition) is 1. The lowest BCUT2D eigenvalue weighted by atomic mass is 10.2. The van der Waals surface area contributed by atoms with E-state index in [2.05, 4.69) is 24.1 Å². The number of urea groups is 1. The average molecular weight is 347 g/mol. The van der Waals surface area contributed by atoms with E-state index < -0.39 is 0 Å². The molecule has 5 nitrogen and oxygen atoms in total. The Bertz CT molecular complexity index is 602. The van der Waals surface area contributed by atoms with Crippen LogP contribution in [0.5, 0.6) is 0 Å². The van der Waals surface area contributed by atoms with Crippen LogP contribution in [0, 0.1) is 5.92 Å². The largest absolute Gasteiger partial charge is 0.374 e. The van der Waals surface area contributed by atoms with Gasteiger partial charge in [-0.05, 0) is 29.0 Å². The number of thiophene rings is 1. The molecule has 130 valence electrons. The zero-order valence-corrected chi connectivity index (χ0v) is 15.3. The molecule has 2 rings (SSSR count). The van der Waals surface area contributed by atoms with E-state index in [-0.39, 0.29) is 12.1 Å². The third kappa shape index (κ3) is 5.62. The van der Waals surface area contributed by atoms with Crippen molar-refractivity contribution < 1.29 is 9.53 Å². The zero-order valence-electron chi connectivity index (χ0n) is 14.4. The van der Waals surface area contributed by atoms with Gasteiger partial charge in [0.05, 0.1) is 6.54 Å². The van der Waals surface area contributed by atoms with Gasteiger partial charge in [-0.25, -0.2) is 4.79 Å². The minimum absolute atomic E-state index is 0.0776. The molecule has 6 heteroatoms. The molecule has 2 amide bonds. The van der Waals surface area contributed by atoms with Gasteiger partial charge in [-0.2, -0.15) is 0 Å². The Morgan fingerprint density at radius 3 is 2.79 bits per heavy atom. The lowest BCUT2D eigenvalue weighted by molar-refractivity contribution is 0.103. The van der Waals surface area contributed by atoms with Gasteiger partial charge < -0.3 is 15.0 Å². The van der Waals surface area contributed by atoms with Crippen molar-refractivity contribution in [2.24, 2.45) is 5.92 Å². The van der Waals surface area contributed by atoms with E-state index in [1.165, 1.54) is 0 Å². The van der Waals surface area contributed by atoms with Crippen LogP contribution in [0.1, 0.15) is 30.4 Å². The van der Waals surface area contributed by atoms with E-state index in [1.54, 1.807) is 30.8 Å². The average Bonchev–Trinajstić information content (AvgIpc) is 3.09. The number of rotatable bonds is 8. The minimum Gasteiger partial charge on any atom is -0.374 e. The number of hydrogen-bond acceptors (Lipinski definition) is 4. The molecular weight excluding hydrogens is 322 g/mol. The first kappa shape index (κ1) is 18.4. The molecular formula is C18H25N3O2S. The summed E-state index contributed by atoms with van der Waals surface area (Å²) in [5.74, 6) is 0.392. The van der Waals surface area contributed by atoms with Gasteiger partial charge in [0.25, 0.3) is 0 Å². The highest BCUT2D eigenvalue weighted by molar-refractivity contribution is 7.10. The molecule has 2 aromatic heterocycles. The number of methoxy groups -OCH3 is 1. The maximum Gasteiger partial charge on any atom is 0.317 e. The fourth-order valence-corrected chi connectivity index (χ4v) is 3.24. The van der Waals surface area contributed by atoms with E-state index in [1.807, 2.05) is 34.5 Å². The second-order valence-corrected chi connectivity index (χ2v) is 7.04. The summed E-state index contributed by atoms with van der Waals surface area (Å²) >= 11 is 1.63. The van der Waals surface area contributed by atoms with E-state index in [9.17, 15) is 4.79 Å². The molecule has 0 aliphatic rings. The minimum atomic E-state index is -0.117. The van der Waals surface area contributed by atoms with Gasteiger partial charge in [0.2, 0.25) is 0 Å². The maximum atomic E-state index is 12.6. The number of pyridine rings is 1. The first-order chi connectivity index (χ1) is 11.6. The van der Waals surface area contributed by atoms with E-state index >= 15 is 0 Å². The summed E-state index contributed by atoms with van der Waals surface area (Å²) in [4.78, 5) is 19.7. The van der Waals surface area contributed by atoms with Crippen LogP contribution < -0.4 is 5.32 Å². The number of aromatic nitrogens is 1. The highest BCUT2D eigenvalue weighted by atomic mass is 32.1. The lowest BCUT2D eigenvalue weighted by Crippen LogP contribution is -2.43. The fourth-order valence-electron chi connectivity index (χ4n) is 2.44. The molecule has 0 bridgehead atoms. The highest BCUT2D eigenvalue weighted by Crippen LogP contribution is 2.21. The van der Waals surface area contributed by atoms with Gasteiger partial charge in [-0.3, -0.25) is 4.98 Å². The Kier molecular flexibility index (Phi) is 7.21. The fraction of sp³-hybridized carbons (Fsp3) is 0.444. The third-order valence-electron chi connectivity index (χ3n) is 3.55. The molecule has 0 saturated heterocycles. The van der Waals surface area contributed by atoms with Gasteiger partial charge in [0.1, 0.15) is 6.10 Å². The summed E-state index contributed by atoms with van der Waals surface area (Å²) in [6, 6.07) is 7.80. The normalized spacial score (nSPS) is 12.2. The Morgan fingerprint density at radius 1 is 1.38 bits per heavy atom. The lowest BCUT2D eigenvalue weighted by Gasteiger charge is -2.26. The van der Waals surface area contributed by atoms with Crippen LogP contribution in [0.3, 0.4) is 0 Å². The Balaban J connectivity index is 1.96. The first-order valence-electron chi connectivity index (χ1n) is 8.08. The summed E-state index contributed by atoms with van der Waals surface area (Å²) in [5.41, 5.74) is 1.02. The summed E-state index contributed by atoms with van der Waals surface area (Å²) in [6.45, 7) is 5.91. The standard InChI is InChI=1S/C18H25N3O2S/c1-14(2)12-21(13-15-6-4-8-19-10-15)18(22)20-11-16(23-3)17-7-5-9-24-17/h4-10,14,16H,11-13H2,1-3H3,(H,20,22)/t16-/m0/s1. The zero-order chi connectivity index (χ0) is 17.4. The van der Waals surface area contributed by atoms with Gasteiger partial charge in [-0.1, -0.05) is 26.0 Å². The predicted molar refractivity (Wildman–Crippen MR) is 97.0 cm³/mol. The summed E-state index contributed by atoms with van der Waals surface area (Å²) < 4.78 is 5.49. The maximum absolute atomic E-state index is 12.6. The van der Waals surface area contributed by atoms with Crippen molar-refractivity contribution in [3.8, 4) is 0 Å². The van der Waals surface area contributed by atoms with Crippen LogP contribution in [0.4, 0.5) is 4.79 Å². The predicted octanol–water partition coefficient (Wildman–Crippen LogP) is 3.70. The molecule has 2 aromatic rings. The molecule has 1 atom stereocenters. The van der Waals surface area contributed by atoms with Crippen LogP contribution >= 0.6 is 11.3 Å². The SMILES string of the molecule is CO[C@@H](CNC(=O)N(Cc1cccnc1)CC(C)C)c1cccs1. The van der Waals surface area contributed by atoms with Crippen molar-refractivity contribution in [1.82, 2.24) is 15.2 Å². The monoisotopic (exact) mass is 347 g/mol. The molecule has 2 heterocycles. The Labute approximate surface area is 147 Å². The van der Waals surface area contributed by atoms with Crippen molar-refractivity contribution >= 4 is 17.4 Å². The van der Waals surface area contributed by atoms with Crippen LogP contribution in [0.15, 0.2) is 42.0 Å². The molecule has 24 heavy (non-hydrogen) atoms. The van der Waals surface area contributed by atoms with E-state index in [0.29, 0.717) is 25.6 Å². The molecule has 0 aliphatic heterocycles. The molecule has 0 saturated carbocycles. The smallest absolute Gasteiger partial charge is 0.317 e. The van der Waals surface area contributed by atoms with Crippen LogP contribution in [-0.4, -0.2) is 36.1 Å². The Morgan fingerprint density at radius 2 is 2.21 bits per heavy atom. The van der Waals surface area contributed by atoms with Crippen molar-refractivity contribution in [2.45, 2.75) is 26.5 Å².